The molecule has 0 aromatic heterocycles. The van der Waals surface area contributed by atoms with Crippen LogP contribution in [0.4, 0.5) is 4.39 Å². The fourth-order valence-corrected chi connectivity index (χ4v) is 1.56. The Hall–Kier alpha value is -1.57. The highest BCUT2D eigenvalue weighted by molar-refractivity contribution is 5.84. The number of ether oxygens (including phenoxy) is 1. The van der Waals surface area contributed by atoms with E-state index in [0.717, 1.165) is 5.39 Å². The van der Waals surface area contributed by atoms with Crippen LogP contribution in [0.5, 0.6) is 5.75 Å². The van der Waals surface area contributed by atoms with E-state index >= 15 is 0 Å². The van der Waals surface area contributed by atoms with Gasteiger partial charge in [0.25, 0.3) is 0 Å². The van der Waals surface area contributed by atoms with Crippen LogP contribution in [-0.2, 0) is 0 Å². The van der Waals surface area contributed by atoms with Crippen LogP contribution in [0.3, 0.4) is 0 Å². The van der Waals surface area contributed by atoms with Gasteiger partial charge in [0.05, 0.1) is 6.10 Å². The Labute approximate surface area is 88.5 Å². The fourth-order valence-electron chi connectivity index (χ4n) is 1.56. The largest absolute Gasteiger partial charge is 0.488 e. The molecule has 0 atom stereocenters. The van der Waals surface area contributed by atoms with Gasteiger partial charge >= 0.3 is 0 Å². The van der Waals surface area contributed by atoms with E-state index in [9.17, 15) is 4.39 Å². The SMILES string of the molecule is CC(C)Oc1ccc2ccccc2c1F. The molecule has 0 radical (unpaired) electrons. The van der Waals surface area contributed by atoms with Gasteiger partial charge in [-0.05, 0) is 25.3 Å². The van der Waals surface area contributed by atoms with Crippen molar-refractivity contribution in [3.05, 3.63) is 42.2 Å². The third-order valence-electron chi connectivity index (χ3n) is 2.19. The number of halogens is 1. The zero-order chi connectivity index (χ0) is 10.8. The van der Waals surface area contributed by atoms with E-state index in [1.54, 1.807) is 12.1 Å². The molecule has 0 saturated carbocycles. The van der Waals surface area contributed by atoms with Crippen LogP contribution in [0.1, 0.15) is 13.8 Å². The second-order valence-corrected chi connectivity index (χ2v) is 3.77. The van der Waals surface area contributed by atoms with Crippen molar-refractivity contribution in [3.63, 3.8) is 0 Å². The van der Waals surface area contributed by atoms with Gasteiger partial charge in [-0.25, -0.2) is 4.39 Å². The van der Waals surface area contributed by atoms with E-state index in [0.29, 0.717) is 11.1 Å². The molecule has 0 saturated heterocycles. The molecule has 78 valence electrons. The number of rotatable bonds is 2. The van der Waals surface area contributed by atoms with Gasteiger partial charge in [-0.2, -0.15) is 0 Å². The molecule has 0 amide bonds. The van der Waals surface area contributed by atoms with E-state index in [1.165, 1.54) is 0 Å². The van der Waals surface area contributed by atoms with Crippen LogP contribution in [0.2, 0.25) is 0 Å². The molecule has 2 heteroatoms. The van der Waals surface area contributed by atoms with Crippen LogP contribution >= 0.6 is 0 Å². The number of hydrogen-bond donors (Lipinski definition) is 0. The first-order valence-electron chi connectivity index (χ1n) is 5.02. The molecule has 0 heterocycles. The Morgan fingerprint density at radius 2 is 1.80 bits per heavy atom. The summed E-state index contributed by atoms with van der Waals surface area (Å²) in [5, 5.41) is 1.50. The average Bonchev–Trinajstić information content (AvgIpc) is 2.22. The van der Waals surface area contributed by atoms with Gasteiger partial charge in [0.15, 0.2) is 11.6 Å². The first-order valence-corrected chi connectivity index (χ1v) is 5.02. The normalized spacial score (nSPS) is 10.9. The standard InChI is InChI=1S/C13H13FO/c1-9(2)15-12-8-7-10-5-3-4-6-11(10)13(12)14/h3-9H,1-2H3. The molecule has 2 aromatic rings. The van der Waals surface area contributed by atoms with Gasteiger partial charge in [0.1, 0.15) is 0 Å². The number of benzene rings is 2. The maximum atomic E-state index is 13.9. The predicted octanol–water partition coefficient (Wildman–Crippen LogP) is 3.77. The van der Waals surface area contributed by atoms with Gasteiger partial charge in [0.2, 0.25) is 0 Å². The lowest BCUT2D eigenvalue weighted by Crippen LogP contribution is -2.06. The molecular weight excluding hydrogens is 191 g/mol. The average molecular weight is 204 g/mol. The summed E-state index contributed by atoms with van der Waals surface area (Å²) < 4.78 is 19.3. The Kier molecular flexibility index (Phi) is 2.58. The second kappa shape index (κ2) is 3.89. The van der Waals surface area contributed by atoms with Crippen LogP contribution in [-0.4, -0.2) is 6.10 Å². The van der Waals surface area contributed by atoms with Crippen LogP contribution in [0.25, 0.3) is 10.8 Å². The molecule has 0 fully saturated rings. The summed E-state index contributed by atoms with van der Waals surface area (Å²) in [5.74, 6) is 0.0468. The third kappa shape index (κ3) is 1.94. The third-order valence-corrected chi connectivity index (χ3v) is 2.19. The van der Waals surface area contributed by atoms with Gasteiger partial charge in [-0.15, -0.1) is 0 Å². The molecule has 15 heavy (non-hydrogen) atoms. The Morgan fingerprint density at radius 1 is 1.07 bits per heavy atom. The molecule has 1 nitrogen and oxygen atoms in total. The molecule has 0 aliphatic carbocycles. The summed E-state index contributed by atoms with van der Waals surface area (Å²) in [6.45, 7) is 3.77. The monoisotopic (exact) mass is 204 g/mol. The molecule has 2 aromatic carbocycles. The quantitative estimate of drug-likeness (QED) is 0.723. The predicted molar refractivity (Wildman–Crippen MR) is 59.7 cm³/mol. The van der Waals surface area contributed by atoms with Gasteiger partial charge in [-0.3, -0.25) is 0 Å². The molecule has 0 spiro atoms. The van der Waals surface area contributed by atoms with Gasteiger partial charge in [0, 0.05) is 5.39 Å². The summed E-state index contributed by atoms with van der Waals surface area (Å²) in [4.78, 5) is 0. The van der Waals surface area contributed by atoms with Crippen molar-refractivity contribution in [1.82, 2.24) is 0 Å². The topological polar surface area (TPSA) is 9.23 Å². The highest BCUT2D eigenvalue weighted by Crippen LogP contribution is 2.26. The van der Waals surface area contributed by atoms with Crippen LogP contribution in [0.15, 0.2) is 36.4 Å². The number of fused-ring (bicyclic) bond motifs is 1. The van der Waals surface area contributed by atoms with E-state index in [-0.39, 0.29) is 11.9 Å². The van der Waals surface area contributed by atoms with Crippen LogP contribution in [0, 0.1) is 5.82 Å². The van der Waals surface area contributed by atoms with E-state index in [2.05, 4.69) is 0 Å². The molecule has 0 aliphatic heterocycles. The minimum absolute atomic E-state index is 0.0133. The lowest BCUT2D eigenvalue weighted by atomic mass is 10.1. The maximum Gasteiger partial charge on any atom is 0.172 e. The van der Waals surface area contributed by atoms with Gasteiger partial charge < -0.3 is 4.74 Å². The molecular formula is C13H13FO. The maximum absolute atomic E-state index is 13.9. The number of hydrogen-bond acceptors (Lipinski definition) is 1. The van der Waals surface area contributed by atoms with E-state index in [1.807, 2.05) is 38.1 Å². The Balaban J connectivity index is 2.55. The van der Waals surface area contributed by atoms with Crippen molar-refractivity contribution in [1.29, 1.82) is 0 Å². The smallest absolute Gasteiger partial charge is 0.172 e. The van der Waals surface area contributed by atoms with Crippen molar-refractivity contribution in [2.24, 2.45) is 0 Å². The first kappa shape index (κ1) is 9.97. The van der Waals surface area contributed by atoms with Gasteiger partial charge in [-0.1, -0.05) is 30.3 Å². The lowest BCUT2D eigenvalue weighted by Gasteiger charge is -2.11. The summed E-state index contributed by atoms with van der Waals surface area (Å²) in [7, 11) is 0. The summed E-state index contributed by atoms with van der Waals surface area (Å²) in [5.41, 5.74) is 0. The molecule has 2 rings (SSSR count). The van der Waals surface area contributed by atoms with Crippen LogP contribution < -0.4 is 4.74 Å². The Bertz CT molecular complexity index is 477. The molecule has 0 aliphatic rings. The molecule has 0 unspecified atom stereocenters. The molecule has 0 N–H and O–H groups in total. The zero-order valence-electron chi connectivity index (χ0n) is 8.83. The highest BCUT2D eigenvalue weighted by Gasteiger charge is 2.08. The highest BCUT2D eigenvalue weighted by atomic mass is 19.1. The van der Waals surface area contributed by atoms with Crippen molar-refractivity contribution in [3.8, 4) is 5.75 Å². The second-order valence-electron chi connectivity index (χ2n) is 3.77. The first-order chi connectivity index (χ1) is 7.18. The van der Waals surface area contributed by atoms with E-state index in [4.69, 9.17) is 4.74 Å². The summed E-state index contributed by atoms with van der Waals surface area (Å²) in [6, 6.07) is 10.9. The van der Waals surface area contributed by atoms with Crippen molar-refractivity contribution < 1.29 is 9.13 Å². The zero-order valence-corrected chi connectivity index (χ0v) is 8.83. The molecule has 0 bridgehead atoms. The van der Waals surface area contributed by atoms with Crippen molar-refractivity contribution >= 4 is 10.8 Å². The van der Waals surface area contributed by atoms with E-state index < -0.39 is 0 Å². The minimum Gasteiger partial charge on any atom is -0.488 e. The summed E-state index contributed by atoms with van der Waals surface area (Å²) in [6.07, 6.45) is -0.0133. The summed E-state index contributed by atoms with van der Waals surface area (Å²) >= 11 is 0. The minimum atomic E-state index is -0.276. The fraction of sp³-hybridized carbons (Fsp3) is 0.231. The Morgan fingerprint density at radius 3 is 2.53 bits per heavy atom. The van der Waals surface area contributed by atoms with Crippen molar-refractivity contribution in [2.45, 2.75) is 20.0 Å². The van der Waals surface area contributed by atoms with Crippen molar-refractivity contribution in [2.75, 3.05) is 0 Å². The lowest BCUT2D eigenvalue weighted by molar-refractivity contribution is 0.232.